The second-order valence-corrected chi connectivity index (χ2v) is 7.21. The fourth-order valence-corrected chi connectivity index (χ4v) is 4.30. The number of carbonyl (C=O) groups excluding carboxylic acids is 1. The third kappa shape index (κ3) is 2.93. The number of fused-ring (bicyclic) bond motifs is 1. The summed E-state index contributed by atoms with van der Waals surface area (Å²) in [5.74, 6) is 1.94. The third-order valence-electron chi connectivity index (χ3n) is 5.77. The van der Waals surface area contributed by atoms with E-state index in [9.17, 15) is 4.79 Å². The Bertz CT molecular complexity index is 735. The van der Waals surface area contributed by atoms with Crippen LogP contribution in [0.1, 0.15) is 26.2 Å². The van der Waals surface area contributed by atoms with Gasteiger partial charge < -0.3 is 10.2 Å². The summed E-state index contributed by atoms with van der Waals surface area (Å²) in [5.41, 5.74) is 1.04. The Balaban J connectivity index is 1.51. The molecule has 3 nitrogen and oxygen atoms in total. The second kappa shape index (κ2) is 6.56. The average molecular weight is 322 g/mol. The van der Waals surface area contributed by atoms with E-state index in [1.54, 1.807) is 0 Å². The van der Waals surface area contributed by atoms with Crippen molar-refractivity contribution in [3.8, 4) is 0 Å². The van der Waals surface area contributed by atoms with Crippen molar-refractivity contribution in [3.05, 3.63) is 42.5 Å². The normalized spacial score (nSPS) is 24.0. The molecule has 24 heavy (non-hydrogen) atoms. The zero-order valence-corrected chi connectivity index (χ0v) is 14.4. The minimum atomic E-state index is 0.250. The highest BCUT2D eigenvalue weighted by Crippen LogP contribution is 2.48. The van der Waals surface area contributed by atoms with E-state index in [0.717, 1.165) is 37.7 Å². The Morgan fingerprint density at radius 3 is 2.62 bits per heavy atom. The van der Waals surface area contributed by atoms with Crippen LogP contribution in [0.5, 0.6) is 0 Å². The first-order valence-corrected chi connectivity index (χ1v) is 9.29. The monoisotopic (exact) mass is 322 g/mol. The van der Waals surface area contributed by atoms with Gasteiger partial charge in [-0.15, -0.1) is 0 Å². The Morgan fingerprint density at radius 1 is 1.12 bits per heavy atom. The zero-order valence-electron chi connectivity index (χ0n) is 14.4. The predicted molar refractivity (Wildman–Crippen MR) is 99.2 cm³/mol. The molecule has 0 radical (unpaired) electrons. The van der Waals surface area contributed by atoms with Crippen molar-refractivity contribution in [1.29, 1.82) is 0 Å². The van der Waals surface area contributed by atoms with Crippen LogP contribution < -0.4 is 10.2 Å². The summed E-state index contributed by atoms with van der Waals surface area (Å²) in [5, 5.41) is 5.85. The molecule has 1 saturated heterocycles. The first kappa shape index (κ1) is 15.6. The summed E-state index contributed by atoms with van der Waals surface area (Å²) in [6, 6.07) is 14.7. The van der Waals surface area contributed by atoms with Gasteiger partial charge in [-0.25, -0.2) is 0 Å². The average Bonchev–Trinajstić information content (AvgIpc) is 3.44. The maximum atomic E-state index is 13.0. The molecule has 0 bridgehead atoms. The minimum absolute atomic E-state index is 0.250. The number of rotatable bonds is 4. The van der Waals surface area contributed by atoms with E-state index in [1.165, 1.54) is 23.6 Å². The van der Waals surface area contributed by atoms with E-state index in [2.05, 4.69) is 54.7 Å². The Kier molecular flexibility index (Phi) is 4.28. The SMILES string of the molecule is CCN(C(=O)[C@@H]1C[C@H]1C1CCNCC1)c1ccc2ccccc2c1. The summed E-state index contributed by atoms with van der Waals surface area (Å²) < 4.78 is 0. The molecule has 3 heteroatoms. The van der Waals surface area contributed by atoms with Crippen LogP contribution in [0.4, 0.5) is 5.69 Å². The molecule has 0 unspecified atom stereocenters. The van der Waals surface area contributed by atoms with Crippen molar-refractivity contribution in [1.82, 2.24) is 5.32 Å². The zero-order chi connectivity index (χ0) is 16.5. The second-order valence-electron chi connectivity index (χ2n) is 7.21. The molecule has 1 amide bonds. The summed E-state index contributed by atoms with van der Waals surface area (Å²) in [4.78, 5) is 15.0. The smallest absolute Gasteiger partial charge is 0.230 e. The molecule has 1 saturated carbocycles. The highest BCUT2D eigenvalue weighted by molar-refractivity contribution is 5.99. The summed E-state index contributed by atoms with van der Waals surface area (Å²) >= 11 is 0. The van der Waals surface area contributed by atoms with E-state index in [1.807, 2.05) is 4.90 Å². The van der Waals surface area contributed by atoms with Crippen LogP contribution in [0, 0.1) is 17.8 Å². The van der Waals surface area contributed by atoms with Crippen LogP contribution in [-0.2, 0) is 4.79 Å². The summed E-state index contributed by atoms with van der Waals surface area (Å²) in [6.07, 6.45) is 3.56. The van der Waals surface area contributed by atoms with Gasteiger partial charge in [0.15, 0.2) is 0 Å². The van der Waals surface area contributed by atoms with Gasteiger partial charge in [-0.05, 0) is 74.0 Å². The highest BCUT2D eigenvalue weighted by atomic mass is 16.2. The van der Waals surface area contributed by atoms with Gasteiger partial charge in [-0.1, -0.05) is 30.3 Å². The minimum Gasteiger partial charge on any atom is -0.317 e. The number of nitrogens with one attached hydrogen (secondary N) is 1. The predicted octanol–water partition coefficient (Wildman–Crippen LogP) is 3.83. The maximum absolute atomic E-state index is 13.0. The summed E-state index contributed by atoms with van der Waals surface area (Å²) in [7, 11) is 0. The van der Waals surface area contributed by atoms with E-state index in [0.29, 0.717) is 11.8 Å². The summed E-state index contributed by atoms with van der Waals surface area (Å²) in [6.45, 7) is 5.05. The van der Waals surface area contributed by atoms with Crippen molar-refractivity contribution in [3.63, 3.8) is 0 Å². The first-order valence-electron chi connectivity index (χ1n) is 9.29. The molecule has 0 spiro atoms. The molecule has 1 aliphatic heterocycles. The van der Waals surface area contributed by atoms with Gasteiger partial charge in [0, 0.05) is 18.2 Å². The fourth-order valence-electron chi connectivity index (χ4n) is 4.30. The van der Waals surface area contributed by atoms with Crippen molar-refractivity contribution in [2.45, 2.75) is 26.2 Å². The van der Waals surface area contributed by atoms with E-state index in [-0.39, 0.29) is 5.92 Å². The van der Waals surface area contributed by atoms with Crippen molar-refractivity contribution in [2.24, 2.45) is 17.8 Å². The molecule has 2 aromatic rings. The van der Waals surface area contributed by atoms with E-state index >= 15 is 0 Å². The van der Waals surface area contributed by atoms with Gasteiger partial charge in [-0.2, -0.15) is 0 Å². The molecule has 1 N–H and O–H groups in total. The van der Waals surface area contributed by atoms with E-state index in [4.69, 9.17) is 0 Å². The number of anilines is 1. The number of nitrogens with zero attached hydrogens (tertiary/aromatic N) is 1. The lowest BCUT2D eigenvalue weighted by Crippen LogP contribution is -2.34. The molecular formula is C21H26N2O. The van der Waals surface area contributed by atoms with Crippen molar-refractivity contribution in [2.75, 3.05) is 24.5 Å². The first-order chi connectivity index (χ1) is 11.8. The van der Waals surface area contributed by atoms with Crippen LogP contribution in [0.2, 0.25) is 0 Å². The number of amides is 1. The standard InChI is InChI=1S/C21H26N2O/c1-2-23(18-8-7-15-5-3-4-6-17(15)13-18)21(24)20-14-19(20)16-9-11-22-12-10-16/h3-8,13,16,19-20,22H,2,9-12,14H2,1H3/t19-,20+/m0/s1. The molecular weight excluding hydrogens is 296 g/mol. The number of carbonyl (C=O) groups is 1. The highest BCUT2D eigenvalue weighted by Gasteiger charge is 2.48. The lowest BCUT2D eigenvalue weighted by molar-refractivity contribution is -0.120. The van der Waals surface area contributed by atoms with Gasteiger partial charge in [0.2, 0.25) is 5.91 Å². The largest absolute Gasteiger partial charge is 0.317 e. The quantitative estimate of drug-likeness (QED) is 0.928. The van der Waals surface area contributed by atoms with Crippen LogP contribution >= 0.6 is 0 Å². The third-order valence-corrected chi connectivity index (χ3v) is 5.77. The lowest BCUT2D eigenvalue weighted by Gasteiger charge is -2.25. The van der Waals surface area contributed by atoms with Gasteiger partial charge in [0.1, 0.15) is 0 Å². The fraction of sp³-hybridized carbons (Fsp3) is 0.476. The number of hydrogen-bond donors (Lipinski definition) is 1. The Hall–Kier alpha value is -1.87. The molecule has 0 aromatic heterocycles. The Morgan fingerprint density at radius 2 is 1.88 bits per heavy atom. The molecule has 126 valence electrons. The number of benzene rings is 2. The topological polar surface area (TPSA) is 32.3 Å². The molecule has 4 rings (SSSR count). The van der Waals surface area contributed by atoms with Gasteiger partial charge in [0.05, 0.1) is 0 Å². The molecule has 1 heterocycles. The van der Waals surface area contributed by atoms with Gasteiger partial charge in [0.25, 0.3) is 0 Å². The molecule has 2 fully saturated rings. The van der Waals surface area contributed by atoms with Crippen LogP contribution in [-0.4, -0.2) is 25.5 Å². The van der Waals surface area contributed by atoms with E-state index < -0.39 is 0 Å². The van der Waals surface area contributed by atoms with Crippen LogP contribution in [0.25, 0.3) is 10.8 Å². The van der Waals surface area contributed by atoms with Crippen molar-refractivity contribution >= 4 is 22.4 Å². The van der Waals surface area contributed by atoms with Crippen LogP contribution in [0.15, 0.2) is 42.5 Å². The van der Waals surface area contributed by atoms with Gasteiger partial charge in [-0.3, -0.25) is 4.79 Å². The van der Waals surface area contributed by atoms with Gasteiger partial charge >= 0.3 is 0 Å². The van der Waals surface area contributed by atoms with Crippen LogP contribution in [0.3, 0.4) is 0 Å². The Labute approximate surface area is 144 Å². The van der Waals surface area contributed by atoms with Crippen molar-refractivity contribution < 1.29 is 4.79 Å². The molecule has 2 aliphatic rings. The number of hydrogen-bond acceptors (Lipinski definition) is 2. The molecule has 2 aromatic carbocycles. The maximum Gasteiger partial charge on any atom is 0.230 e. The molecule has 1 aliphatic carbocycles. The lowest BCUT2D eigenvalue weighted by atomic mass is 9.92. The molecule has 2 atom stereocenters. The number of piperidine rings is 1.